The quantitative estimate of drug-likeness (QED) is 0.0274. The van der Waals surface area contributed by atoms with Crippen molar-refractivity contribution in [2.24, 2.45) is 10.2 Å². The smallest absolute Gasteiger partial charge is 0.337 e. The van der Waals surface area contributed by atoms with Gasteiger partial charge in [0.05, 0.1) is 40.1 Å². The lowest BCUT2D eigenvalue weighted by Crippen LogP contribution is -2.67. The van der Waals surface area contributed by atoms with E-state index >= 15 is 0 Å². The summed E-state index contributed by atoms with van der Waals surface area (Å²) >= 11 is 0. The van der Waals surface area contributed by atoms with Crippen molar-refractivity contribution in [3.05, 3.63) is 164 Å². The molecule has 0 amide bonds. The zero-order chi connectivity index (χ0) is 51.1. The van der Waals surface area contributed by atoms with E-state index in [2.05, 4.69) is 20.1 Å². The molecule has 22 heteroatoms. The predicted octanol–water partition coefficient (Wildman–Crippen LogP) is 6.33. The van der Waals surface area contributed by atoms with Crippen molar-refractivity contribution >= 4 is 17.9 Å². The van der Waals surface area contributed by atoms with Crippen LogP contribution < -0.4 is 0 Å². The van der Waals surface area contributed by atoms with E-state index in [1.54, 1.807) is 0 Å². The molecule has 4 heterocycles. The number of hydrogen-bond donors (Lipinski definition) is 0. The zero-order valence-corrected chi connectivity index (χ0v) is 40.2. The fourth-order valence-corrected chi connectivity index (χ4v) is 9.06. The Morgan fingerprint density at radius 1 is 0.562 bits per heavy atom. The highest BCUT2D eigenvalue weighted by atomic mass is 16.8. The van der Waals surface area contributed by atoms with Gasteiger partial charge in [-0.3, -0.25) is 9.59 Å². The number of rotatable bonds is 22. The van der Waals surface area contributed by atoms with Crippen LogP contribution in [-0.2, 0) is 102 Å². The average molecular weight is 1010 g/mol. The second-order valence-corrected chi connectivity index (χ2v) is 17.4. The molecule has 8 rings (SSSR count). The number of esters is 3. The standard InChI is InChI=1S/C51H56N6O16/c1-30(58)62-28-36-40(63-24-32-16-8-4-9-17-32)42(64-25-33-18-10-5-11-19-33)38(54-56-52)50(70-36)72-45-44(65-26-34-20-12-6-13-21-34)47(66-27-35-22-14-7-15-23-35)51(73-46(45)48(60)61-3)71-41-37-29-67-49(69-37)39(55-57-53)43(41)68-31(2)59/h4-23,36-47,49-51H,24-29H2,1-3H3/t36-,37-,38-,39-,40+,41-,42-,43-,44+,45+,46+,47-,49-,50-,51-/m1/s1. The summed E-state index contributed by atoms with van der Waals surface area (Å²) in [6, 6.07) is 34.4. The molecule has 73 heavy (non-hydrogen) atoms. The Morgan fingerprint density at radius 3 is 1.56 bits per heavy atom. The molecule has 0 spiro atoms. The number of ether oxygens (including phenoxy) is 13. The predicted molar refractivity (Wildman–Crippen MR) is 252 cm³/mol. The van der Waals surface area contributed by atoms with Gasteiger partial charge in [0.2, 0.25) is 0 Å². The van der Waals surface area contributed by atoms with E-state index in [1.165, 1.54) is 13.8 Å². The molecule has 0 saturated carbocycles. The molecule has 0 N–H and O–H groups in total. The van der Waals surface area contributed by atoms with Crippen LogP contribution in [-0.4, -0.2) is 130 Å². The molecule has 4 aromatic rings. The highest BCUT2D eigenvalue weighted by Crippen LogP contribution is 2.40. The maximum atomic E-state index is 14.3. The second-order valence-electron chi connectivity index (χ2n) is 17.4. The largest absolute Gasteiger partial charge is 0.467 e. The van der Waals surface area contributed by atoms with Gasteiger partial charge in [-0.15, -0.1) is 0 Å². The third-order valence-electron chi connectivity index (χ3n) is 12.4. The van der Waals surface area contributed by atoms with E-state index in [0.29, 0.717) is 0 Å². The molecule has 4 aromatic carbocycles. The zero-order valence-electron chi connectivity index (χ0n) is 40.2. The number of nitrogens with zero attached hydrogens (tertiary/aromatic N) is 6. The summed E-state index contributed by atoms with van der Waals surface area (Å²) in [5.41, 5.74) is 22.9. The number of carbonyl (C=O) groups is 3. The summed E-state index contributed by atoms with van der Waals surface area (Å²) in [4.78, 5) is 45.5. The van der Waals surface area contributed by atoms with Crippen LogP contribution in [0.4, 0.5) is 0 Å². The van der Waals surface area contributed by atoms with Crippen LogP contribution in [0.2, 0.25) is 0 Å². The highest BCUT2D eigenvalue weighted by molar-refractivity contribution is 5.75. The van der Waals surface area contributed by atoms with Crippen molar-refractivity contribution in [1.82, 2.24) is 0 Å². The van der Waals surface area contributed by atoms with Gasteiger partial charge < -0.3 is 61.6 Å². The fraction of sp³-hybridized carbons (Fsp3) is 0.471. The first-order valence-corrected chi connectivity index (χ1v) is 23.6. The van der Waals surface area contributed by atoms with Gasteiger partial charge in [0.15, 0.2) is 25.0 Å². The van der Waals surface area contributed by atoms with Gasteiger partial charge in [0.25, 0.3) is 0 Å². The molecule has 0 aliphatic carbocycles. The summed E-state index contributed by atoms with van der Waals surface area (Å²) in [5.74, 6) is -2.27. The number of methoxy groups -OCH3 is 1. The summed E-state index contributed by atoms with van der Waals surface area (Å²) in [7, 11) is 1.15. The van der Waals surface area contributed by atoms with Crippen molar-refractivity contribution in [2.45, 2.75) is 132 Å². The first kappa shape index (κ1) is 52.8. The monoisotopic (exact) mass is 1010 g/mol. The molecule has 4 aliphatic rings. The first-order chi connectivity index (χ1) is 35.6. The molecule has 4 fully saturated rings. The van der Waals surface area contributed by atoms with Gasteiger partial charge >= 0.3 is 17.9 Å². The van der Waals surface area contributed by atoms with Crippen molar-refractivity contribution in [2.75, 3.05) is 20.3 Å². The fourth-order valence-electron chi connectivity index (χ4n) is 9.06. The van der Waals surface area contributed by atoms with E-state index in [-0.39, 0.29) is 39.6 Å². The minimum absolute atomic E-state index is 0.0161. The Morgan fingerprint density at radius 2 is 1.05 bits per heavy atom. The van der Waals surface area contributed by atoms with Gasteiger partial charge in [-0.05, 0) is 33.3 Å². The molecule has 15 atom stereocenters. The lowest BCUT2D eigenvalue weighted by atomic mass is 9.94. The summed E-state index contributed by atoms with van der Waals surface area (Å²) in [5, 5.41) is 8.05. The molecule has 0 aromatic heterocycles. The topological polar surface area (TPSA) is 269 Å². The van der Waals surface area contributed by atoms with Crippen molar-refractivity contribution < 1.29 is 76.0 Å². The maximum Gasteiger partial charge on any atom is 0.337 e. The normalized spacial score (nSPS) is 30.5. The van der Waals surface area contributed by atoms with Gasteiger partial charge in [0.1, 0.15) is 73.6 Å². The Labute approximate surface area is 420 Å². The second kappa shape index (κ2) is 25.9. The van der Waals surface area contributed by atoms with Crippen LogP contribution >= 0.6 is 0 Å². The number of azide groups is 2. The Balaban J connectivity index is 1.21. The van der Waals surface area contributed by atoms with E-state index in [9.17, 15) is 25.4 Å². The third kappa shape index (κ3) is 13.6. The third-order valence-corrected chi connectivity index (χ3v) is 12.4. The SMILES string of the molecule is COC(=O)[C@H]1O[C@@H](O[C@H]2[C@H](OC(C)=O)[C@@H](N=[N+]=[N-])[C@@H]3OC[C@H]2O3)[C@H](OCc2ccccc2)[C@@H](OCc2ccccc2)[C@@H]1O[C@H]1O[C@H](COC(C)=O)[C@H](OCc2ccccc2)[C@H](OCc2ccccc2)[C@H]1N=[N+]=[N-]. The number of benzene rings is 4. The van der Waals surface area contributed by atoms with Crippen LogP contribution in [0.1, 0.15) is 36.1 Å². The number of hydrogen-bond acceptors (Lipinski definition) is 18. The number of carbonyl (C=O) groups excluding carboxylic acids is 3. The van der Waals surface area contributed by atoms with Crippen molar-refractivity contribution in [3.8, 4) is 0 Å². The van der Waals surface area contributed by atoms with Gasteiger partial charge in [-0.2, -0.15) is 0 Å². The van der Waals surface area contributed by atoms with Crippen LogP contribution in [0.25, 0.3) is 20.9 Å². The van der Waals surface area contributed by atoms with E-state index < -0.39 is 110 Å². The molecular formula is C51H56N6O16. The molecular weight excluding hydrogens is 953 g/mol. The van der Waals surface area contributed by atoms with E-state index in [1.807, 2.05) is 121 Å². The summed E-state index contributed by atoms with van der Waals surface area (Å²) in [6.07, 6.45) is -16.8. The van der Waals surface area contributed by atoms with Gasteiger partial charge in [0, 0.05) is 23.7 Å². The Hall–Kier alpha value is -6.49. The molecule has 22 nitrogen and oxygen atoms in total. The molecule has 0 radical (unpaired) electrons. The average Bonchev–Trinajstić information content (AvgIpc) is 3.85. The lowest BCUT2D eigenvalue weighted by Gasteiger charge is -2.50. The van der Waals surface area contributed by atoms with Crippen LogP contribution in [0, 0.1) is 0 Å². The Kier molecular flexibility index (Phi) is 18.8. The van der Waals surface area contributed by atoms with Gasteiger partial charge in [-0.25, -0.2) is 4.79 Å². The van der Waals surface area contributed by atoms with Crippen molar-refractivity contribution in [3.63, 3.8) is 0 Å². The van der Waals surface area contributed by atoms with Crippen LogP contribution in [0.5, 0.6) is 0 Å². The first-order valence-electron chi connectivity index (χ1n) is 23.6. The molecule has 2 bridgehead atoms. The summed E-state index contributed by atoms with van der Waals surface area (Å²) < 4.78 is 82.3. The van der Waals surface area contributed by atoms with E-state index in [0.717, 1.165) is 29.4 Å². The maximum absolute atomic E-state index is 14.3. The minimum Gasteiger partial charge on any atom is -0.467 e. The number of fused-ring (bicyclic) bond motifs is 2. The molecule has 0 unspecified atom stereocenters. The van der Waals surface area contributed by atoms with Crippen molar-refractivity contribution in [1.29, 1.82) is 0 Å². The molecule has 4 saturated heterocycles. The summed E-state index contributed by atoms with van der Waals surface area (Å²) in [6.45, 7) is 1.98. The van der Waals surface area contributed by atoms with Crippen LogP contribution in [0.15, 0.2) is 132 Å². The Bertz CT molecular complexity index is 2510. The lowest BCUT2D eigenvalue weighted by molar-refractivity contribution is -0.366. The van der Waals surface area contributed by atoms with Crippen LogP contribution in [0.3, 0.4) is 0 Å². The highest BCUT2D eigenvalue weighted by Gasteiger charge is 2.59. The molecule has 4 aliphatic heterocycles. The molecule has 386 valence electrons. The van der Waals surface area contributed by atoms with Gasteiger partial charge in [-0.1, -0.05) is 132 Å². The van der Waals surface area contributed by atoms with E-state index in [4.69, 9.17) is 61.6 Å². The minimum atomic E-state index is -1.72.